The van der Waals surface area contributed by atoms with Crippen LogP contribution in [-0.4, -0.2) is 28.5 Å². The molecule has 0 spiro atoms. The molecule has 0 aliphatic carbocycles. The minimum atomic E-state index is -0.413. The summed E-state index contributed by atoms with van der Waals surface area (Å²) >= 11 is 1.60. The molecule has 222 valence electrons. The molecule has 1 aromatic heterocycles. The van der Waals surface area contributed by atoms with E-state index >= 15 is 0 Å². The van der Waals surface area contributed by atoms with E-state index in [0.29, 0.717) is 29.0 Å². The molecule has 0 bridgehead atoms. The van der Waals surface area contributed by atoms with Gasteiger partial charge in [0, 0.05) is 11.3 Å². The van der Waals surface area contributed by atoms with Crippen LogP contribution < -0.4 is 9.47 Å². The Morgan fingerprint density at radius 3 is 2.15 bits per heavy atom. The van der Waals surface area contributed by atoms with Crippen molar-refractivity contribution in [1.29, 1.82) is 0 Å². The lowest BCUT2D eigenvalue weighted by Crippen LogP contribution is -2.08. The van der Waals surface area contributed by atoms with Gasteiger partial charge in [0.05, 0.1) is 12.2 Å². The van der Waals surface area contributed by atoms with Crippen molar-refractivity contribution >= 4 is 17.7 Å². The Balaban J connectivity index is 1.33. The van der Waals surface area contributed by atoms with E-state index in [1.165, 1.54) is 70.6 Å². The van der Waals surface area contributed by atoms with Gasteiger partial charge < -0.3 is 13.9 Å². The molecule has 7 heteroatoms. The molecule has 1 heterocycles. The van der Waals surface area contributed by atoms with Crippen LogP contribution in [0.3, 0.4) is 0 Å². The van der Waals surface area contributed by atoms with Gasteiger partial charge >= 0.3 is 5.97 Å². The summed E-state index contributed by atoms with van der Waals surface area (Å²) in [4.78, 5) is 12.6. The third kappa shape index (κ3) is 13.0. The summed E-state index contributed by atoms with van der Waals surface area (Å²) in [6.07, 6.45) is 19.3. The van der Waals surface area contributed by atoms with Gasteiger partial charge in [-0.2, -0.15) is 0 Å². The number of benzene rings is 2. The molecule has 0 saturated heterocycles. The van der Waals surface area contributed by atoms with Gasteiger partial charge in [0.2, 0.25) is 5.89 Å². The maximum absolute atomic E-state index is 12.6. The molecular weight excluding hydrogens is 532 g/mol. The fraction of sp³-hybridized carbons (Fsp3) is 0.500. The van der Waals surface area contributed by atoms with Crippen LogP contribution >= 0.6 is 11.8 Å². The van der Waals surface area contributed by atoms with E-state index in [1.54, 1.807) is 36.0 Å². The van der Waals surface area contributed by atoms with E-state index in [2.05, 4.69) is 23.7 Å². The normalized spacial score (nSPS) is 11.0. The molecule has 0 saturated carbocycles. The van der Waals surface area contributed by atoms with Gasteiger partial charge in [-0.05, 0) is 74.2 Å². The fourth-order valence-corrected chi connectivity index (χ4v) is 5.17. The van der Waals surface area contributed by atoms with E-state index in [0.717, 1.165) is 36.3 Å². The second kappa shape index (κ2) is 19.9. The summed E-state index contributed by atoms with van der Waals surface area (Å²) in [6.45, 7) is 6.69. The molecule has 0 fully saturated rings. The molecule has 6 nitrogen and oxygen atoms in total. The van der Waals surface area contributed by atoms with Crippen LogP contribution in [0.15, 0.2) is 70.8 Å². The Morgan fingerprint density at radius 2 is 1.44 bits per heavy atom. The number of ether oxygens (including phenoxy) is 2. The maximum Gasteiger partial charge on any atom is 0.343 e. The lowest BCUT2D eigenvalue weighted by atomic mass is 10.1. The summed E-state index contributed by atoms with van der Waals surface area (Å²) in [6, 6.07) is 14.2. The lowest BCUT2D eigenvalue weighted by Gasteiger charge is -2.08. The number of unbranched alkanes of at least 4 members (excludes halogenated alkanes) is 12. The first-order valence-electron chi connectivity index (χ1n) is 15.3. The first-order chi connectivity index (χ1) is 20.2. The number of esters is 1. The van der Waals surface area contributed by atoms with Crippen molar-refractivity contribution in [2.24, 2.45) is 0 Å². The number of hydrogen-bond acceptors (Lipinski definition) is 7. The number of allylic oxidation sites excluding steroid dienone is 1. The quantitative estimate of drug-likeness (QED) is 0.0386. The van der Waals surface area contributed by atoms with E-state index < -0.39 is 5.97 Å². The third-order valence-electron chi connectivity index (χ3n) is 6.85. The van der Waals surface area contributed by atoms with Crippen LogP contribution in [0, 0.1) is 0 Å². The molecule has 3 aromatic rings. The highest BCUT2D eigenvalue weighted by atomic mass is 32.2. The highest BCUT2D eigenvalue weighted by Gasteiger charge is 2.12. The third-order valence-corrected chi connectivity index (χ3v) is 7.76. The van der Waals surface area contributed by atoms with E-state index in [4.69, 9.17) is 13.9 Å². The predicted molar refractivity (Wildman–Crippen MR) is 168 cm³/mol. The Bertz CT molecular complexity index is 1130. The number of aromatic nitrogens is 2. The van der Waals surface area contributed by atoms with Crippen molar-refractivity contribution < 1.29 is 18.7 Å². The summed E-state index contributed by atoms with van der Waals surface area (Å²) in [5.74, 6) is 2.25. The van der Waals surface area contributed by atoms with Crippen LogP contribution in [0.4, 0.5) is 0 Å². The van der Waals surface area contributed by atoms with Crippen molar-refractivity contribution in [3.63, 3.8) is 0 Å². The maximum atomic E-state index is 12.6. The van der Waals surface area contributed by atoms with E-state index in [1.807, 2.05) is 30.3 Å². The fourth-order valence-electron chi connectivity index (χ4n) is 4.41. The number of hydrogen-bond donors (Lipinski definition) is 0. The Labute approximate surface area is 250 Å². The molecule has 0 atom stereocenters. The average Bonchev–Trinajstić information content (AvgIpc) is 3.47. The zero-order valence-electron chi connectivity index (χ0n) is 24.7. The second-order valence-electron chi connectivity index (χ2n) is 10.3. The molecule has 0 N–H and O–H groups in total. The van der Waals surface area contributed by atoms with Crippen molar-refractivity contribution in [3.8, 4) is 23.0 Å². The molecule has 0 amide bonds. The summed E-state index contributed by atoms with van der Waals surface area (Å²) in [5.41, 5.74) is 1.26. The van der Waals surface area contributed by atoms with Gasteiger partial charge in [-0.3, -0.25) is 0 Å². The number of carbonyl (C=O) groups excluding carboxylic acids is 1. The zero-order chi connectivity index (χ0) is 29.0. The molecule has 0 unspecified atom stereocenters. The van der Waals surface area contributed by atoms with E-state index in [9.17, 15) is 4.79 Å². The molecular formula is C34H46N2O4S. The number of nitrogens with zero attached hydrogens (tertiary/aromatic N) is 2. The van der Waals surface area contributed by atoms with Gasteiger partial charge in [-0.15, -0.1) is 16.8 Å². The van der Waals surface area contributed by atoms with Crippen LogP contribution in [-0.2, 0) is 0 Å². The lowest BCUT2D eigenvalue weighted by molar-refractivity contribution is 0.0734. The molecule has 0 radical (unpaired) electrons. The van der Waals surface area contributed by atoms with Gasteiger partial charge in [-0.1, -0.05) is 89.0 Å². The summed E-state index contributed by atoms with van der Waals surface area (Å²) < 4.78 is 17.2. The van der Waals surface area contributed by atoms with Crippen LogP contribution in [0.1, 0.15) is 107 Å². The second-order valence-corrected chi connectivity index (χ2v) is 11.4. The molecule has 0 aliphatic heterocycles. The predicted octanol–water partition coefficient (Wildman–Crippen LogP) is 10.1. The first kappa shape index (κ1) is 32.5. The topological polar surface area (TPSA) is 74.5 Å². The van der Waals surface area contributed by atoms with Crippen molar-refractivity contribution in [3.05, 3.63) is 66.7 Å². The average molecular weight is 579 g/mol. The Morgan fingerprint density at radius 1 is 0.805 bits per heavy atom. The van der Waals surface area contributed by atoms with Crippen LogP contribution in [0.5, 0.6) is 11.5 Å². The minimum Gasteiger partial charge on any atom is -0.494 e. The standard InChI is InChI=1S/C34H46N2O4S/c1-3-5-7-9-11-12-13-14-16-26-38-30-22-20-29(21-23-30)33(37)39-31-24-18-28(19-25-31)32-35-36-34(40-32)41-27-17-15-10-8-6-4-2/h3,18-25H,1,4-17,26-27H2,2H3. The van der Waals surface area contributed by atoms with Crippen molar-refractivity contribution in [2.45, 2.75) is 102 Å². The largest absolute Gasteiger partial charge is 0.494 e. The summed E-state index contributed by atoms with van der Waals surface area (Å²) in [7, 11) is 0. The Kier molecular flexibility index (Phi) is 15.8. The number of rotatable bonds is 22. The van der Waals surface area contributed by atoms with Crippen LogP contribution in [0.25, 0.3) is 11.5 Å². The van der Waals surface area contributed by atoms with Crippen molar-refractivity contribution in [1.82, 2.24) is 10.2 Å². The van der Waals surface area contributed by atoms with Crippen LogP contribution in [0.2, 0.25) is 0 Å². The van der Waals surface area contributed by atoms with Crippen molar-refractivity contribution in [2.75, 3.05) is 12.4 Å². The minimum absolute atomic E-state index is 0.413. The van der Waals surface area contributed by atoms with Gasteiger partial charge in [0.25, 0.3) is 5.22 Å². The zero-order valence-corrected chi connectivity index (χ0v) is 25.5. The van der Waals surface area contributed by atoms with Gasteiger partial charge in [-0.25, -0.2) is 4.79 Å². The molecule has 3 rings (SSSR count). The highest BCUT2D eigenvalue weighted by molar-refractivity contribution is 7.99. The van der Waals surface area contributed by atoms with Gasteiger partial charge in [0.1, 0.15) is 11.5 Å². The summed E-state index contributed by atoms with van der Waals surface area (Å²) in [5, 5.41) is 8.90. The smallest absolute Gasteiger partial charge is 0.343 e. The molecule has 0 aliphatic rings. The van der Waals surface area contributed by atoms with Gasteiger partial charge in [0.15, 0.2) is 0 Å². The van der Waals surface area contributed by atoms with E-state index in [-0.39, 0.29) is 0 Å². The monoisotopic (exact) mass is 578 g/mol. The molecule has 41 heavy (non-hydrogen) atoms. The molecule has 2 aromatic carbocycles. The SMILES string of the molecule is C=CCCCCCCCCCOc1ccc(C(=O)Oc2ccc(-c3nnc(SCCCCCCCC)o3)cc2)cc1. The Hall–Kier alpha value is -3.06. The number of thioether (sulfide) groups is 1. The number of carbonyl (C=O) groups is 1. The first-order valence-corrected chi connectivity index (χ1v) is 16.3. The highest BCUT2D eigenvalue weighted by Crippen LogP contribution is 2.26.